The first kappa shape index (κ1) is 12.8. The molecule has 3 aromatic rings. The van der Waals surface area contributed by atoms with Gasteiger partial charge >= 0.3 is 0 Å². The summed E-state index contributed by atoms with van der Waals surface area (Å²) in [5.41, 5.74) is 10.2. The van der Waals surface area contributed by atoms with Crippen LogP contribution in [0, 0.1) is 0 Å². The highest BCUT2D eigenvalue weighted by Crippen LogP contribution is 2.27. The standard InChI is InChI=1S/C16H18N4/c1-2-20-15-8-10-18-11-14(15)19-16(20)13-6-4-3-5-12(13)7-9-17/h3-6,8,10-11H,2,7,9,17H2,1H3. The number of fused-ring (bicyclic) bond motifs is 1. The van der Waals surface area contributed by atoms with E-state index in [1.54, 1.807) is 0 Å². The van der Waals surface area contributed by atoms with Crippen LogP contribution in [0.25, 0.3) is 22.4 Å². The molecule has 0 aliphatic carbocycles. The van der Waals surface area contributed by atoms with Crippen LogP contribution in [0.3, 0.4) is 0 Å². The predicted molar refractivity (Wildman–Crippen MR) is 81.4 cm³/mol. The number of hydrogen-bond donors (Lipinski definition) is 1. The molecule has 20 heavy (non-hydrogen) atoms. The van der Waals surface area contributed by atoms with E-state index < -0.39 is 0 Å². The van der Waals surface area contributed by atoms with Crippen molar-refractivity contribution >= 4 is 11.0 Å². The van der Waals surface area contributed by atoms with E-state index in [0.29, 0.717) is 6.54 Å². The molecule has 2 heterocycles. The molecule has 0 aliphatic heterocycles. The van der Waals surface area contributed by atoms with Crippen LogP contribution in [0.5, 0.6) is 0 Å². The van der Waals surface area contributed by atoms with E-state index in [0.717, 1.165) is 35.4 Å². The molecule has 1 aromatic carbocycles. The lowest BCUT2D eigenvalue weighted by molar-refractivity contribution is 0.794. The molecule has 3 rings (SSSR count). The lowest BCUT2D eigenvalue weighted by Crippen LogP contribution is -2.05. The lowest BCUT2D eigenvalue weighted by Gasteiger charge is -2.10. The summed E-state index contributed by atoms with van der Waals surface area (Å²) in [6.07, 6.45) is 4.49. The van der Waals surface area contributed by atoms with Gasteiger partial charge in [-0.25, -0.2) is 4.98 Å². The zero-order valence-corrected chi connectivity index (χ0v) is 11.6. The predicted octanol–water partition coefficient (Wildman–Crippen LogP) is 2.62. The van der Waals surface area contributed by atoms with Gasteiger partial charge in [-0.1, -0.05) is 24.3 Å². The number of nitrogens with zero attached hydrogens (tertiary/aromatic N) is 3. The van der Waals surface area contributed by atoms with Crippen molar-refractivity contribution in [1.82, 2.24) is 14.5 Å². The van der Waals surface area contributed by atoms with E-state index >= 15 is 0 Å². The number of rotatable bonds is 4. The van der Waals surface area contributed by atoms with Gasteiger partial charge in [-0.2, -0.15) is 0 Å². The minimum absolute atomic E-state index is 0.644. The highest BCUT2D eigenvalue weighted by atomic mass is 15.1. The molecule has 0 fully saturated rings. The van der Waals surface area contributed by atoms with Gasteiger partial charge in [0.15, 0.2) is 0 Å². The summed E-state index contributed by atoms with van der Waals surface area (Å²) in [4.78, 5) is 8.91. The molecule has 0 saturated heterocycles. The summed E-state index contributed by atoms with van der Waals surface area (Å²) in [5, 5.41) is 0. The van der Waals surface area contributed by atoms with Gasteiger partial charge in [-0.3, -0.25) is 4.98 Å². The second-order valence-corrected chi connectivity index (χ2v) is 4.74. The Morgan fingerprint density at radius 2 is 2.05 bits per heavy atom. The molecule has 0 radical (unpaired) electrons. The molecule has 0 saturated carbocycles. The zero-order valence-electron chi connectivity index (χ0n) is 11.6. The normalized spacial score (nSPS) is 11.1. The second kappa shape index (κ2) is 5.43. The molecule has 4 nitrogen and oxygen atoms in total. The van der Waals surface area contributed by atoms with Crippen molar-refractivity contribution in [3.8, 4) is 11.4 Å². The molecule has 2 aromatic heterocycles. The van der Waals surface area contributed by atoms with Gasteiger partial charge in [0.1, 0.15) is 11.3 Å². The van der Waals surface area contributed by atoms with Gasteiger partial charge in [-0.05, 0) is 31.5 Å². The second-order valence-electron chi connectivity index (χ2n) is 4.74. The number of hydrogen-bond acceptors (Lipinski definition) is 3. The van der Waals surface area contributed by atoms with Crippen LogP contribution in [-0.2, 0) is 13.0 Å². The molecule has 0 spiro atoms. The van der Waals surface area contributed by atoms with Crippen molar-refractivity contribution in [2.75, 3.05) is 6.54 Å². The molecule has 4 heteroatoms. The topological polar surface area (TPSA) is 56.7 Å². The summed E-state index contributed by atoms with van der Waals surface area (Å²) in [6, 6.07) is 10.4. The van der Waals surface area contributed by atoms with Crippen LogP contribution >= 0.6 is 0 Å². The number of nitrogens with two attached hydrogens (primary N) is 1. The Kier molecular flexibility index (Phi) is 3.48. The molecule has 0 atom stereocenters. The van der Waals surface area contributed by atoms with Gasteiger partial charge in [0.25, 0.3) is 0 Å². The van der Waals surface area contributed by atoms with Crippen molar-refractivity contribution in [3.05, 3.63) is 48.3 Å². The van der Waals surface area contributed by atoms with Crippen LogP contribution in [-0.4, -0.2) is 21.1 Å². The SMILES string of the molecule is CCn1c(-c2ccccc2CCN)nc2cnccc21. The number of aromatic nitrogens is 3. The fraction of sp³-hybridized carbons (Fsp3) is 0.250. The summed E-state index contributed by atoms with van der Waals surface area (Å²) < 4.78 is 2.23. The highest BCUT2D eigenvalue weighted by molar-refractivity contribution is 5.80. The molecular weight excluding hydrogens is 248 g/mol. The first-order valence-corrected chi connectivity index (χ1v) is 6.93. The molecule has 2 N–H and O–H groups in total. The Hall–Kier alpha value is -2.20. The third-order valence-electron chi connectivity index (χ3n) is 3.54. The van der Waals surface area contributed by atoms with E-state index in [2.05, 4.69) is 34.7 Å². The van der Waals surface area contributed by atoms with E-state index in [4.69, 9.17) is 10.7 Å². The van der Waals surface area contributed by atoms with Crippen LogP contribution in [0.4, 0.5) is 0 Å². The average molecular weight is 266 g/mol. The molecule has 0 aliphatic rings. The Bertz CT molecular complexity index is 730. The van der Waals surface area contributed by atoms with Gasteiger partial charge < -0.3 is 10.3 Å². The first-order valence-electron chi connectivity index (χ1n) is 6.93. The van der Waals surface area contributed by atoms with Gasteiger partial charge in [-0.15, -0.1) is 0 Å². The van der Waals surface area contributed by atoms with E-state index in [-0.39, 0.29) is 0 Å². The van der Waals surface area contributed by atoms with Crippen molar-refractivity contribution < 1.29 is 0 Å². The van der Waals surface area contributed by atoms with Gasteiger partial charge in [0, 0.05) is 18.3 Å². The highest BCUT2D eigenvalue weighted by Gasteiger charge is 2.13. The number of benzene rings is 1. The number of pyridine rings is 1. The van der Waals surface area contributed by atoms with Crippen LogP contribution in [0.15, 0.2) is 42.7 Å². The Labute approximate surface area is 118 Å². The largest absolute Gasteiger partial charge is 0.330 e. The molecule has 102 valence electrons. The smallest absolute Gasteiger partial charge is 0.141 e. The molecule has 0 unspecified atom stereocenters. The van der Waals surface area contributed by atoms with Crippen molar-refractivity contribution in [1.29, 1.82) is 0 Å². The van der Waals surface area contributed by atoms with Crippen LogP contribution in [0.1, 0.15) is 12.5 Å². The Balaban J connectivity index is 2.24. The fourth-order valence-corrected chi connectivity index (χ4v) is 2.62. The van der Waals surface area contributed by atoms with Gasteiger partial charge in [0.2, 0.25) is 0 Å². The molecular formula is C16H18N4. The van der Waals surface area contributed by atoms with Crippen molar-refractivity contribution in [3.63, 3.8) is 0 Å². The van der Waals surface area contributed by atoms with E-state index in [1.807, 2.05) is 24.5 Å². The van der Waals surface area contributed by atoms with E-state index in [9.17, 15) is 0 Å². The van der Waals surface area contributed by atoms with E-state index in [1.165, 1.54) is 5.56 Å². The van der Waals surface area contributed by atoms with Gasteiger partial charge in [0.05, 0.1) is 11.7 Å². The minimum atomic E-state index is 0.644. The maximum Gasteiger partial charge on any atom is 0.141 e. The number of imidazole rings is 1. The summed E-state index contributed by atoms with van der Waals surface area (Å²) in [7, 11) is 0. The Morgan fingerprint density at radius 1 is 1.20 bits per heavy atom. The lowest BCUT2D eigenvalue weighted by atomic mass is 10.0. The molecule has 0 amide bonds. The summed E-state index contributed by atoms with van der Waals surface area (Å²) in [5.74, 6) is 1.000. The van der Waals surface area contributed by atoms with Crippen molar-refractivity contribution in [2.24, 2.45) is 5.73 Å². The third-order valence-corrected chi connectivity index (χ3v) is 3.54. The monoisotopic (exact) mass is 266 g/mol. The summed E-state index contributed by atoms with van der Waals surface area (Å²) >= 11 is 0. The van der Waals surface area contributed by atoms with Crippen molar-refractivity contribution in [2.45, 2.75) is 19.9 Å². The first-order chi connectivity index (χ1) is 9.85. The minimum Gasteiger partial charge on any atom is -0.330 e. The zero-order chi connectivity index (χ0) is 13.9. The fourth-order valence-electron chi connectivity index (χ4n) is 2.62. The maximum atomic E-state index is 5.72. The van der Waals surface area contributed by atoms with Crippen LogP contribution < -0.4 is 5.73 Å². The number of aryl methyl sites for hydroxylation is 1. The Morgan fingerprint density at radius 3 is 2.85 bits per heavy atom. The maximum absolute atomic E-state index is 5.72. The molecule has 0 bridgehead atoms. The quantitative estimate of drug-likeness (QED) is 0.789. The average Bonchev–Trinajstić information content (AvgIpc) is 2.86. The summed E-state index contributed by atoms with van der Waals surface area (Å²) in [6.45, 7) is 3.66. The third kappa shape index (κ3) is 2.08. The van der Waals surface area contributed by atoms with Crippen LogP contribution in [0.2, 0.25) is 0 Å².